The summed E-state index contributed by atoms with van der Waals surface area (Å²) in [5, 5.41) is 6.48. The third kappa shape index (κ3) is 5.81. The van der Waals surface area contributed by atoms with Crippen molar-refractivity contribution in [3.63, 3.8) is 0 Å². The molecule has 0 atom stereocenters. The van der Waals surface area contributed by atoms with Crippen LogP contribution >= 0.6 is 0 Å². The Morgan fingerprint density at radius 3 is 2.71 bits per heavy atom. The summed E-state index contributed by atoms with van der Waals surface area (Å²) in [6.07, 6.45) is 3.94. The van der Waals surface area contributed by atoms with Crippen molar-refractivity contribution in [2.45, 2.75) is 25.4 Å². The molecule has 1 aliphatic heterocycles. The number of nitrogens with one attached hydrogen (secondary N) is 2. The predicted molar refractivity (Wildman–Crippen MR) is 95.7 cm³/mol. The molecule has 0 saturated carbocycles. The van der Waals surface area contributed by atoms with Gasteiger partial charge in [-0.2, -0.15) is 0 Å². The molecule has 2 rings (SSSR count). The summed E-state index contributed by atoms with van der Waals surface area (Å²) in [4.78, 5) is 24.2. The van der Waals surface area contributed by atoms with E-state index in [1.54, 1.807) is 26.0 Å². The number of guanidine groups is 1. The molecule has 0 spiro atoms. The first-order valence-electron chi connectivity index (χ1n) is 8.38. The van der Waals surface area contributed by atoms with Gasteiger partial charge in [0.15, 0.2) is 5.96 Å². The molecule has 1 aromatic heterocycles. The molecule has 0 bridgehead atoms. The lowest BCUT2D eigenvalue weighted by molar-refractivity contribution is -0.127. The number of hydrogen-bond donors (Lipinski definition) is 2. The number of hydrogen-bond acceptors (Lipinski definition) is 4. The van der Waals surface area contributed by atoms with Gasteiger partial charge in [-0.3, -0.25) is 19.7 Å². The highest BCUT2D eigenvalue weighted by molar-refractivity contribution is 5.86. The van der Waals surface area contributed by atoms with Gasteiger partial charge in [-0.15, -0.1) is 0 Å². The Morgan fingerprint density at radius 1 is 1.38 bits per heavy atom. The molecule has 24 heavy (non-hydrogen) atoms. The molecule has 0 radical (unpaired) electrons. The second kappa shape index (κ2) is 9.22. The van der Waals surface area contributed by atoms with E-state index in [1.165, 1.54) is 0 Å². The summed E-state index contributed by atoms with van der Waals surface area (Å²) in [7, 11) is 5.22. The van der Waals surface area contributed by atoms with E-state index in [4.69, 9.17) is 0 Å². The Labute approximate surface area is 144 Å². The number of carbonyl (C=O) groups excluding carboxylic acids is 1. The summed E-state index contributed by atoms with van der Waals surface area (Å²) in [5.74, 6) is 0.719. The number of aliphatic imine (C=N–C) groups is 1. The molecular weight excluding hydrogens is 304 g/mol. The van der Waals surface area contributed by atoms with E-state index in [0.29, 0.717) is 12.0 Å². The highest BCUT2D eigenvalue weighted by atomic mass is 16.2. The maximum atomic E-state index is 11.6. The number of likely N-dealkylation sites (N-methyl/N-ethyl adjacent to an activating group) is 1. The van der Waals surface area contributed by atoms with Crippen molar-refractivity contribution in [1.29, 1.82) is 0 Å². The van der Waals surface area contributed by atoms with Gasteiger partial charge in [-0.25, -0.2) is 0 Å². The van der Waals surface area contributed by atoms with Gasteiger partial charge >= 0.3 is 0 Å². The van der Waals surface area contributed by atoms with Crippen LogP contribution in [0.5, 0.6) is 0 Å². The first-order valence-corrected chi connectivity index (χ1v) is 8.38. The van der Waals surface area contributed by atoms with E-state index in [0.717, 1.165) is 38.2 Å². The maximum Gasteiger partial charge on any atom is 0.241 e. The van der Waals surface area contributed by atoms with Crippen LogP contribution in [0.25, 0.3) is 0 Å². The van der Waals surface area contributed by atoms with Crippen molar-refractivity contribution < 1.29 is 4.79 Å². The molecule has 0 aliphatic carbocycles. The first-order chi connectivity index (χ1) is 11.6. The van der Waals surface area contributed by atoms with Crippen LogP contribution in [0.1, 0.15) is 18.5 Å². The second-order valence-electron chi connectivity index (χ2n) is 6.23. The van der Waals surface area contributed by atoms with Gasteiger partial charge in [0.2, 0.25) is 5.91 Å². The number of amides is 1. The highest BCUT2D eigenvalue weighted by Gasteiger charge is 2.20. The minimum absolute atomic E-state index is 0.0307. The lowest BCUT2D eigenvalue weighted by Gasteiger charge is -2.32. The number of carbonyl (C=O) groups is 1. The number of rotatable bonds is 5. The summed E-state index contributed by atoms with van der Waals surface area (Å²) in [5.41, 5.74) is 1.11. The molecule has 0 unspecified atom stereocenters. The monoisotopic (exact) mass is 332 g/mol. The Hall–Kier alpha value is -2.15. The third-order valence-electron chi connectivity index (χ3n) is 4.17. The quantitative estimate of drug-likeness (QED) is 0.599. The molecule has 1 aliphatic rings. The molecule has 1 fully saturated rings. The van der Waals surface area contributed by atoms with Crippen LogP contribution < -0.4 is 10.6 Å². The largest absolute Gasteiger partial charge is 0.354 e. The fourth-order valence-electron chi connectivity index (χ4n) is 2.66. The van der Waals surface area contributed by atoms with Gasteiger partial charge in [0.1, 0.15) is 0 Å². The zero-order valence-corrected chi connectivity index (χ0v) is 14.8. The maximum absolute atomic E-state index is 11.6. The average molecular weight is 332 g/mol. The smallest absolute Gasteiger partial charge is 0.241 e. The lowest BCUT2D eigenvalue weighted by atomic mass is 10.0. The second-order valence-corrected chi connectivity index (χ2v) is 6.23. The Bertz CT molecular complexity index is 537. The van der Waals surface area contributed by atoms with Crippen LogP contribution in [0.4, 0.5) is 0 Å². The van der Waals surface area contributed by atoms with Crippen LogP contribution in [0.2, 0.25) is 0 Å². The number of piperidine rings is 1. The van der Waals surface area contributed by atoms with Crippen LogP contribution in [-0.2, 0) is 11.3 Å². The topological polar surface area (TPSA) is 72.9 Å². The zero-order chi connectivity index (χ0) is 17.4. The van der Waals surface area contributed by atoms with E-state index in [1.807, 2.05) is 18.3 Å². The van der Waals surface area contributed by atoms with E-state index in [9.17, 15) is 4.79 Å². The van der Waals surface area contributed by atoms with Crippen molar-refractivity contribution in [2.75, 3.05) is 40.8 Å². The van der Waals surface area contributed by atoms with Crippen LogP contribution in [0, 0.1) is 0 Å². The van der Waals surface area contributed by atoms with E-state index >= 15 is 0 Å². The Kier molecular flexibility index (Phi) is 6.99. The van der Waals surface area contributed by atoms with Crippen molar-refractivity contribution in [2.24, 2.45) is 4.99 Å². The van der Waals surface area contributed by atoms with Crippen molar-refractivity contribution in [1.82, 2.24) is 25.4 Å². The number of nitrogens with zero attached hydrogens (tertiary/aromatic N) is 4. The number of aromatic nitrogens is 1. The standard InChI is InChI=1S/C17H28N6O/c1-18-17(20-12-16(24)22(2)3)21-14-7-10-23(11-8-14)13-15-6-4-5-9-19-15/h4-6,9,14H,7-8,10-13H2,1-3H3,(H2,18,20,21). The van der Waals surface area contributed by atoms with Crippen LogP contribution in [0.15, 0.2) is 29.4 Å². The van der Waals surface area contributed by atoms with Crippen LogP contribution in [0.3, 0.4) is 0 Å². The molecule has 2 heterocycles. The van der Waals surface area contributed by atoms with Crippen LogP contribution in [-0.4, -0.2) is 73.5 Å². The SMILES string of the molecule is CN=C(NCC(=O)N(C)C)NC1CCN(Cc2ccccn2)CC1. The predicted octanol–water partition coefficient (Wildman–Crippen LogP) is 0.299. The van der Waals surface area contributed by atoms with E-state index in [2.05, 4.69) is 31.6 Å². The zero-order valence-electron chi connectivity index (χ0n) is 14.8. The summed E-state index contributed by atoms with van der Waals surface area (Å²) < 4.78 is 0. The van der Waals surface area contributed by atoms with Gasteiger partial charge in [-0.05, 0) is 25.0 Å². The molecule has 2 N–H and O–H groups in total. The molecule has 1 saturated heterocycles. The minimum Gasteiger partial charge on any atom is -0.354 e. The first kappa shape index (κ1) is 18.2. The Balaban J connectivity index is 1.72. The average Bonchev–Trinajstić information content (AvgIpc) is 2.60. The van der Waals surface area contributed by atoms with E-state index < -0.39 is 0 Å². The molecular formula is C17H28N6O. The summed E-state index contributed by atoms with van der Waals surface area (Å²) >= 11 is 0. The fourth-order valence-corrected chi connectivity index (χ4v) is 2.66. The normalized spacial score (nSPS) is 16.7. The lowest BCUT2D eigenvalue weighted by Crippen LogP contribution is -2.50. The highest BCUT2D eigenvalue weighted by Crippen LogP contribution is 2.12. The summed E-state index contributed by atoms with van der Waals surface area (Å²) in [6, 6.07) is 6.42. The molecule has 132 valence electrons. The van der Waals surface area contributed by atoms with Crippen molar-refractivity contribution in [3.8, 4) is 0 Å². The molecule has 1 amide bonds. The van der Waals surface area contributed by atoms with Gasteiger partial charge < -0.3 is 15.5 Å². The molecule has 1 aromatic rings. The summed E-state index contributed by atoms with van der Waals surface area (Å²) in [6.45, 7) is 3.22. The number of likely N-dealkylation sites (tertiary alicyclic amines) is 1. The number of pyridine rings is 1. The molecule has 0 aromatic carbocycles. The van der Waals surface area contributed by atoms with Crippen molar-refractivity contribution >= 4 is 11.9 Å². The van der Waals surface area contributed by atoms with Gasteiger partial charge in [-0.1, -0.05) is 6.07 Å². The van der Waals surface area contributed by atoms with Gasteiger partial charge in [0.05, 0.1) is 12.2 Å². The Morgan fingerprint density at radius 2 is 2.12 bits per heavy atom. The third-order valence-corrected chi connectivity index (χ3v) is 4.17. The fraction of sp³-hybridized carbons (Fsp3) is 0.588. The van der Waals surface area contributed by atoms with E-state index in [-0.39, 0.29) is 12.5 Å². The van der Waals surface area contributed by atoms with Gasteiger partial charge in [0, 0.05) is 53.0 Å². The molecule has 7 nitrogen and oxygen atoms in total. The minimum atomic E-state index is 0.0307. The molecule has 7 heteroatoms. The van der Waals surface area contributed by atoms with Gasteiger partial charge in [0.25, 0.3) is 0 Å². The van der Waals surface area contributed by atoms with Crippen molar-refractivity contribution in [3.05, 3.63) is 30.1 Å².